The van der Waals surface area contributed by atoms with Crippen molar-refractivity contribution in [1.82, 2.24) is 15.0 Å². The molecule has 0 radical (unpaired) electrons. The van der Waals surface area contributed by atoms with Gasteiger partial charge in [-0.1, -0.05) is 35.5 Å². The summed E-state index contributed by atoms with van der Waals surface area (Å²) in [7, 11) is 0. The van der Waals surface area contributed by atoms with Crippen molar-refractivity contribution in [3.8, 4) is 0 Å². The number of carbonyl (C=O) groups excluding carboxylic acids is 1. The second kappa shape index (κ2) is 7.82. The van der Waals surface area contributed by atoms with Crippen molar-refractivity contribution in [2.24, 2.45) is 0 Å². The quantitative estimate of drug-likeness (QED) is 0.722. The third-order valence-corrected chi connectivity index (χ3v) is 3.96. The predicted molar refractivity (Wildman–Crippen MR) is 100 cm³/mol. The number of anilines is 2. The molecular formula is C20H22N4O2. The lowest BCUT2D eigenvalue weighted by atomic mass is 10.1. The van der Waals surface area contributed by atoms with Gasteiger partial charge in [-0.15, -0.1) is 0 Å². The van der Waals surface area contributed by atoms with Crippen LogP contribution in [0.25, 0.3) is 0 Å². The van der Waals surface area contributed by atoms with E-state index in [1.54, 1.807) is 18.3 Å². The van der Waals surface area contributed by atoms with E-state index >= 15 is 0 Å². The van der Waals surface area contributed by atoms with Crippen LogP contribution < -0.4 is 5.32 Å². The van der Waals surface area contributed by atoms with Gasteiger partial charge in [-0.05, 0) is 38.5 Å². The number of pyridine rings is 1. The number of amides is 1. The number of nitrogens with one attached hydrogen (secondary N) is 1. The number of benzene rings is 1. The van der Waals surface area contributed by atoms with Gasteiger partial charge in [0.25, 0.3) is 5.91 Å². The maximum atomic E-state index is 12.9. The molecule has 134 valence electrons. The number of hydrogen-bond donors (Lipinski definition) is 1. The van der Waals surface area contributed by atoms with Crippen LogP contribution in [0.5, 0.6) is 0 Å². The maximum Gasteiger partial charge on any atom is 0.272 e. The van der Waals surface area contributed by atoms with Gasteiger partial charge in [-0.25, -0.2) is 4.98 Å². The Kier molecular flexibility index (Phi) is 5.31. The molecular weight excluding hydrogens is 328 g/mol. The van der Waals surface area contributed by atoms with E-state index in [2.05, 4.69) is 15.5 Å². The molecule has 2 aromatic heterocycles. The normalized spacial score (nSPS) is 10.8. The molecule has 1 aromatic carbocycles. The van der Waals surface area contributed by atoms with Crippen molar-refractivity contribution in [2.75, 3.05) is 5.32 Å². The number of aromatic nitrogens is 2. The minimum absolute atomic E-state index is 0.0698. The van der Waals surface area contributed by atoms with Crippen molar-refractivity contribution in [2.45, 2.75) is 33.4 Å². The Balaban J connectivity index is 1.72. The Morgan fingerprint density at radius 2 is 1.96 bits per heavy atom. The topological polar surface area (TPSA) is 71.3 Å². The van der Waals surface area contributed by atoms with Crippen LogP contribution in [-0.4, -0.2) is 27.0 Å². The zero-order valence-electron chi connectivity index (χ0n) is 15.1. The fraction of sp³-hybridized carbons (Fsp3) is 0.250. The molecule has 2 heterocycles. The van der Waals surface area contributed by atoms with Crippen LogP contribution in [0.3, 0.4) is 0 Å². The summed E-state index contributed by atoms with van der Waals surface area (Å²) in [5, 5.41) is 6.97. The lowest BCUT2D eigenvalue weighted by molar-refractivity contribution is 0.0684. The summed E-state index contributed by atoms with van der Waals surface area (Å²) in [5.74, 6) is 1.24. The Hall–Kier alpha value is -3.15. The summed E-state index contributed by atoms with van der Waals surface area (Å²) in [6.07, 6.45) is 1.62. The Morgan fingerprint density at radius 1 is 1.19 bits per heavy atom. The van der Waals surface area contributed by atoms with E-state index in [1.807, 2.05) is 62.1 Å². The molecule has 0 spiro atoms. The molecule has 0 bridgehead atoms. The fourth-order valence-electron chi connectivity index (χ4n) is 2.58. The van der Waals surface area contributed by atoms with Gasteiger partial charge < -0.3 is 14.7 Å². The van der Waals surface area contributed by atoms with Crippen molar-refractivity contribution in [1.29, 1.82) is 0 Å². The van der Waals surface area contributed by atoms with Crippen molar-refractivity contribution < 1.29 is 9.32 Å². The van der Waals surface area contributed by atoms with Gasteiger partial charge in [0.1, 0.15) is 11.5 Å². The van der Waals surface area contributed by atoms with E-state index in [0.717, 1.165) is 17.0 Å². The van der Waals surface area contributed by atoms with E-state index in [1.165, 1.54) is 0 Å². The summed E-state index contributed by atoms with van der Waals surface area (Å²) in [6.45, 7) is 6.38. The first-order valence-corrected chi connectivity index (χ1v) is 8.54. The molecule has 1 N–H and O–H groups in total. The molecule has 6 heteroatoms. The van der Waals surface area contributed by atoms with Crippen molar-refractivity contribution >= 4 is 17.4 Å². The molecule has 6 nitrogen and oxygen atoms in total. The minimum Gasteiger partial charge on any atom is -0.360 e. The Labute approximate surface area is 152 Å². The molecule has 0 aliphatic heterocycles. The highest BCUT2D eigenvalue weighted by molar-refractivity contribution is 5.92. The molecule has 3 aromatic rings. The van der Waals surface area contributed by atoms with E-state index in [9.17, 15) is 4.79 Å². The molecule has 0 fully saturated rings. The minimum atomic E-state index is -0.0901. The molecule has 0 atom stereocenters. The van der Waals surface area contributed by atoms with Crippen molar-refractivity contribution in [3.63, 3.8) is 0 Å². The fourth-order valence-corrected chi connectivity index (χ4v) is 2.58. The first kappa shape index (κ1) is 17.7. The maximum absolute atomic E-state index is 12.9. The molecule has 0 aliphatic rings. The number of carbonyl (C=O) groups is 1. The average molecular weight is 350 g/mol. The van der Waals surface area contributed by atoms with Gasteiger partial charge in [0.15, 0.2) is 5.82 Å². The highest BCUT2D eigenvalue weighted by Gasteiger charge is 2.20. The first-order valence-electron chi connectivity index (χ1n) is 8.54. The van der Waals surface area contributed by atoms with E-state index in [0.29, 0.717) is 18.1 Å². The highest BCUT2D eigenvalue weighted by atomic mass is 16.5. The average Bonchev–Trinajstić information content (AvgIpc) is 3.05. The van der Waals surface area contributed by atoms with Gasteiger partial charge in [0.05, 0.1) is 11.9 Å². The van der Waals surface area contributed by atoms with Gasteiger partial charge in [0, 0.05) is 18.7 Å². The van der Waals surface area contributed by atoms with Crippen molar-refractivity contribution in [3.05, 3.63) is 71.7 Å². The van der Waals surface area contributed by atoms with Crippen LogP contribution in [0.4, 0.5) is 11.5 Å². The largest absolute Gasteiger partial charge is 0.360 e. The molecule has 3 rings (SSSR count). The van der Waals surface area contributed by atoms with Gasteiger partial charge in [-0.3, -0.25) is 4.79 Å². The van der Waals surface area contributed by atoms with Crippen LogP contribution in [0.15, 0.2) is 59.3 Å². The van der Waals surface area contributed by atoms with Gasteiger partial charge in [-0.2, -0.15) is 0 Å². The Bertz CT molecular complexity index is 857. The van der Waals surface area contributed by atoms with Crippen LogP contribution >= 0.6 is 0 Å². The van der Waals surface area contributed by atoms with Gasteiger partial charge >= 0.3 is 0 Å². The summed E-state index contributed by atoms with van der Waals surface area (Å²) in [5.41, 5.74) is 2.25. The zero-order chi connectivity index (χ0) is 18.5. The van der Waals surface area contributed by atoms with E-state index in [-0.39, 0.29) is 11.9 Å². The third kappa shape index (κ3) is 4.27. The highest BCUT2D eigenvalue weighted by Crippen LogP contribution is 2.17. The van der Waals surface area contributed by atoms with Crippen LogP contribution in [0.2, 0.25) is 0 Å². The number of hydrogen-bond acceptors (Lipinski definition) is 5. The molecule has 0 saturated carbocycles. The number of nitrogens with zero attached hydrogens (tertiary/aromatic N) is 3. The summed E-state index contributed by atoms with van der Waals surface area (Å²) < 4.78 is 5.02. The second-order valence-corrected chi connectivity index (χ2v) is 6.39. The zero-order valence-corrected chi connectivity index (χ0v) is 15.1. The SMILES string of the molecule is Cc1cc(Nc2ccc(C(=O)N(Cc3ccccc3)C(C)C)nc2)no1. The van der Waals surface area contributed by atoms with Crippen LogP contribution in [0.1, 0.15) is 35.7 Å². The van der Waals surface area contributed by atoms with E-state index < -0.39 is 0 Å². The molecule has 0 aliphatic carbocycles. The van der Waals surface area contributed by atoms with Gasteiger partial charge in [0.2, 0.25) is 0 Å². The predicted octanol–water partition coefficient (Wildman–Crippen LogP) is 4.17. The van der Waals surface area contributed by atoms with E-state index in [4.69, 9.17) is 4.52 Å². The number of rotatable bonds is 6. The number of aryl methyl sites for hydroxylation is 1. The van der Waals surface area contributed by atoms with Crippen LogP contribution in [-0.2, 0) is 6.54 Å². The molecule has 0 saturated heterocycles. The molecule has 1 amide bonds. The monoisotopic (exact) mass is 350 g/mol. The standard InChI is InChI=1S/C20H22N4O2/c1-14(2)24(13-16-7-5-4-6-8-16)20(25)18-10-9-17(12-21-18)22-19-11-15(3)26-23-19/h4-12,14H,13H2,1-3H3,(H,22,23). The summed E-state index contributed by atoms with van der Waals surface area (Å²) in [6, 6.07) is 15.3. The summed E-state index contributed by atoms with van der Waals surface area (Å²) in [4.78, 5) is 19.0. The second-order valence-electron chi connectivity index (χ2n) is 6.39. The lowest BCUT2D eigenvalue weighted by Crippen LogP contribution is -2.36. The molecule has 0 unspecified atom stereocenters. The van der Waals surface area contributed by atoms with Crippen LogP contribution in [0, 0.1) is 6.92 Å². The smallest absolute Gasteiger partial charge is 0.272 e. The third-order valence-electron chi connectivity index (χ3n) is 3.96. The first-order chi connectivity index (χ1) is 12.5. The summed E-state index contributed by atoms with van der Waals surface area (Å²) >= 11 is 0. The Morgan fingerprint density at radius 3 is 2.54 bits per heavy atom. The lowest BCUT2D eigenvalue weighted by Gasteiger charge is -2.26. The molecule has 26 heavy (non-hydrogen) atoms.